The molecule has 0 spiro atoms. The first-order chi connectivity index (χ1) is 16.3. The summed E-state index contributed by atoms with van der Waals surface area (Å²) in [4.78, 5) is 23.3. The lowest BCUT2D eigenvalue weighted by Crippen LogP contribution is -2.23. The molecular formula is C28H20N4O. The zero-order valence-electron chi connectivity index (χ0n) is 17.7. The SMILES string of the molecule is O=c1c2c(ncn2C(c2ccccc2)c2ccccc2)c2cccnc2n1-c1ccccc1. The van der Waals surface area contributed by atoms with Gasteiger partial charge in [-0.05, 0) is 35.4 Å². The van der Waals surface area contributed by atoms with Gasteiger partial charge in [0.25, 0.3) is 5.56 Å². The predicted octanol–water partition coefficient (Wildman–Crippen LogP) is 5.37. The molecule has 3 aromatic heterocycles. The summed E-state index contributed by atoms with van der Waals surface area (Å²) in [5, 5.41) is 0.842. The van der Waals surface area contributed by atoms with E-state index in [0.717, 1.165) is 22.2 Å². The minimum Gasteiger partial charge on any atom is -0.314 e. The van der Waals surface area contributed by atoms with Crippen molar-refractivity contribution in [1.82, 2.24) is 19.1 Å². The highest BCUT2D eigenvalue weighted by Gasteiger charge is 2.23. The molecule has 0 aliphatic heterocycles. The number of para-hydroxylation sites is 1. The lowest BCUT2D eigenvalue weighted by atomic mass is 9.98. The molecule has 6 aromatic rings. The summed E-state index contributed by atoms with van der Waals surface area (Å²) in [6.45, 7) is 0. The van der Waals surface area contributed by atoms with Crippen molar-refractivity contribution < 1.29 is 0 Å². The molecule has 6 rings (SSSR count). The van der Waals surface area contributed by atoms with E-state index in [9.17, 15) is 4.79 Å². The maximum atomic E-state index is 14.1. The molecular weight excluding hydrogens is 408 g/mol. The molecule has 3 aromatic carbocycles. The van der Waals surface area contributed by atoms with Crippen molar-refractivity contribution in [2.75, 3.05) is 0 Å². The van der Waals surface area contributed by atoms with Crippen LogP contribution in [0.4, 0.5) is 0 Å². The molecule has 0 aliphatic rings. The Morgan fingerprint density at radius 2 is 1.27 bits per heavy atom. The van der Waals surface area contributed by atoms with Crippen molar-refractivity contribution in [3.63, 3.8) is 0 Å². The van der Waals surface area contributed by atoms with Crippen LogP contribution in [0.15, 0.2) is 120 Å². The summed E-state index contributed by atoms with van der Waals surface area (Å²) in [5.41, 5.74) is 4.61. The topological polar surface area (TPSA) is 52.7 Å². The van der Waals surface area contributed by atoms with Crippen molar-refractivity contribution >= 4 is 22.1 Å². The van der Waals surface area contributed by atoms with Gasteiger partial charge in [-0.15, -0.1) is 0 Å². The molecule has 0 aliphatic carbocycles. The van der Waals surface area contributed by atoms with Crippen molar-refractivity contribution in [1.29, 1.82) is 0 Å². The van der Waals surface area contributed by atoms with E-state index < -0.39 is 0 Å². The summed E-state index contributed by atoms with van der Waals surface area (Å²) in [6.07, 6.45) is 3.49. The first-order valence-corrected chi connectivity index (χ1v) is 10.8. The zero-order valence-corrected chi connectivity index (χ0v) is 17.7. The number of hydrogen-bond acceptors (Lipinski definition) is 3. The molecule has 0 N–H and O–H groups in total. The first kappa shape index (κ1) is 19.2. The third-order valence-electron chi connectivity index (χ3n) is 5.98. The quantitative estimate of drug-likeness (QED) is 0.379. The van der Waals surface area contributed by atoms with Crippen molar-refractivity contribution in [2.24, 2.45) is 0 Å². The van der Waals surface area contributed by atoms with E-state index >= 15 is 0 Å². The zero-order chi connectivity index (χ0) is 22.2. The lowest BCUT2D eigenvalue weighted by molar-refractivity contribution is 0.694. The van der Waals surface area contributed by atoms with E-state index in [-0.39, 0.29) is 11.6 Å². The molecule has 33 heavy (non-hydrogen) atoms. The molecule has 5 nitrogen and oxygen atoms in total. The second-order valence-corrected chi connectivity index (χ2v) is 7.92. The highest BCUT2D eigenvalue weighted by atomic mass is 16.1. The molecule has 0 saturated heterocycles. The maximum Gasteiger partial charge on any atom is 0.283 e. The third kappa shape index (κ3) is 3.13. The van der Waals surface area contributed by atoms with Crippen LogP contribution in [-0.2, 0) is 0 Å². The number of aromatic nitrogens is 4. The summed E-state index contributed by atoms with van der Waals surface area (Å²) in [7, 11) is 0. The van der Waals surface area contributed by atoms with Crippen molar-refractivity contribution in [3.05, 3.63) is 137 Å². The van der Waals surface area contributed by atoms with Crippen LogP contribution in [0.2, 0.25) is 0 Å². The standard InChI is InChI=1S/C28H20N4O/c33-28-26-24(23-17-10-18-29-27(23)32(28)22-15-8-3-9-16-22)30-19-31(26)25(20-11-4-1-5-12-20)21-13-6-2-7-14-21/h1-19,25H. The molecule has 0 amide bonds. The van der Waals surface area contributed by atoms with Crippen molar-refractivity contribution in [2.45, 2.75) is 6.04 Å². The normalized spacial score (nSPS) is 11.4. The van der Waals surface area contributed by atoms with Gasteiger partial charge in [-0.25, -0.2) is 9.97 Å². The van der Waals surface area contributed by atoms with Crippen LogP contribution in [-0.4, -0.2) is 19.1 Å². The summed E-state index contributed by atoms with van der Waals surface area (Å²) in [6, 6.07) is 33.7. The van der Waals surface area contributed by atoms with Gasteiger partial charge in [-0.2, -0.15) is 0 Å². The van der Waals surface area contributed by atoms with Gasteiger partial charge in [0.15, 0.2) is 0 Å². The largest absolute Gasteiger partial charge is 0.314 e. The van der Waals surface area contributed by atoms with E-state index in [1.54, 1.807) is 17.1 Å². The maximum absolute atomic E-state index is 14.1. The van der Waals surface area contributed by atoms with E-state index in [2.05, 4.69) is 29.2 Å². The van der Waals surface area contributed by atoms with Gasteiger partial charge in [-0.1, -0.05) is 78.9 Å². The summed E-state index contributed by atoms with van der Waals surface area (Å²) in [5.74, 6) is 0. The predicted molar refractivity (Wildman–Crippen MR) is 131 cm³/mol. The molecule has 0 atom stereocenters. The highest BCUT2D eigenvalue weighted by Crippen LogP contribution is 2.31. The third-order valence-corrected chi connectivity index (χ3v) is 5.98. The Morgan fingerprint density at radius 3 is 1.91 bits per heavy atom. The minimum atomic E-state index is -0.191. The fraction of sp³-hybridized carbons (Fsp3) is 0.0357. The molecule has 0 unspecified atom stereocenters. The van der Waals surface area contributed by atoms with Crippen LogP contribution in [0.25, 0.3) is 27.8 Å². The van der Waals surface area contributed by atoms with Gasteiger partial charge in [0.2, 0.25) is 0 Å². The van der Waals surface area contributed by atoms with E-state index in [4.69, 9.17) is 4.98 Å². The highest BCUT2D eigenvalue weighted by molar-refractivity contribution is 6.01. The van der Waals surface area contributed by atoms with E-state index in [1.807, 2.05) is 83.4 Å². The fourth-order valence-corrected chi connectivity index (χ4v) is 4.53. The molecule has 0 bridgehead atoms. The summed E-state index contributed by atoms with van der Waals surface area (Å²) < 4.78 is 3.68. The molecule has 0 saturated carbocycles. The Bertz CT molecular complexity index is 1580. The second-order valence-electron chi connectivity index (χ2n) is 7.92. The second kappa shape index (κ2) is 7.88. The van der Waals surface area contributed by atoms with Gasteiger partial charge in [-0.3, -0.25) is 9.36 Å². The van der Waals surface area contributed by atoms with E-state index in [0.29, 0.717) is 16.7 Å². The van der Waals surface area contributed by atoms with Gasteiger partial charge in [0.1, 0.15) is 16.7 Å². The van der Waals surface area contributed by atoms with Gasteiger partial charge in [0, 0.05) is 11.6 Å². The van der Waals surface area contributed by atoms with Crippen LogP contribution >= 0.6 is 0 Å². The van der Waals surface area contributed by atoms with Gasteiger partial charge in [0.05, 0.1) is 18.1 Å². The van der Waals surface area contributed by atoms with Crippen LogP contribution in [0.1, 0.15) is 17.2 Å². The Morgan fingerprint density at radius 1 is 0.667 bits per heavy atom. The number of pyridine rings is 2. The fourth-order valence-electron chi connectivity index (χ4n) is 4.53. The minimum absolute atomic E-state index is 0.142. The van der Waals surface area contributed by atoms with E-state index in [1.165, 1.54) is 0 Å². The average molecular weight is 428 g/mol. The number of imidazole rings is 1. The van der Waals surface area contributed by atoms with Crippen LogP contribution in [0, 0.1) is 0 Å². The summed E-state index contributed by atoms with van der Waals surface area (Å²) >= 11 is 0. The molecule has 5 heteroatoms. The number of fused-ring (bicyclic) bond motifs is 3. The number of benzene rings is 3. The Balaban J connectivity index is 1.73. The molecule has 0 fully saturated rings. The number of nitrogens with zero attached hydrogens (tertiary/aromatic N) is 4. The smallest absolute Gasteiger partial charge is 0.283 e. The van der Waals surface area contributed by atoms with Crippen molar-refractivity contribution in [3.8, 4) is 5.69 Å². The van der Waals surface area contributed by atoms with Gasteiger partial charge >= 0.3 is 0 Å². The Kier molecular flexibility index (Phi) is 4.58. The van der Waals surface area contributed by atoms with Crippen LogP contribution < -0.4 is 5.56 Å². The van der Waals surface area contributed by atoms with Gasteiger partial charge < -0.3 is 4.57 Å². The number of hydrogen-bond donors (Lipinski definition) is 0. The van der Waals surface area contributed by atoms with Crippen LogP contribution in [0.3, 0.4) is 0 Å². The number of rotatable bonds is 4. The first-order valence-electron chi connectivity index (χ1n) is 10.8. The average Bonchev–Trinajstić information content (AvgIpc) is 3.32. The Labute approximate surface area is 190 Å². The monoisotopic (exact) mass is 428 g/mol. The molecule has 3 heterocycles. The Hall–Kier alpha value is -4.51. The van der Waals surface area contributed by atoms with Crippen LogP contribution in [0.5, 0.6) is 0 Å². The molecule has 158 valence electrons. The lowest BCUT2D eigenvalue weighted by Gasteiger charge is -2.21. The molecule has 0 radical (unpaired) electrons.